The highest BCUT2D eigenvalue weighted by Crippen LogP contribution is 2.17. The molecule has 6 nitrogen and oxygen atoms in total. The Morgan fingerprint density at radius 2 is 1.64 bits per heavy atom. The van der Waals surface area contributed by atoms with Gasteiger partial charge in [0.2, 0.25) is 0 Å². The molecule has 25 heavy (non-hydrogen) atoms. The summed E-state index contributed by atoms with van der Waals surface area (Å²) in [7, 11) is 0. The van der Waals surface area contributed by atoms with E-state index in [9.17, 15) is 9.59 Å². The van der Waals surface area contributed by atoms with E-state index in [4.69, 9.17) is 9.47 Å². The lowest BCUT2D eigenvalue weighted by molar-refractivity contribution is -0.123. The van der Waals surface area contributed by atoms with Crippen LogP contribution in [0, 0.1) is 3.57 Å². The predicted molar refractivity (Wildman–Crippen MR) is 104 cm³/mol. The summed E-state index contributed by atoms with van der Waals surface area (Å²) >= 11 is 2.20. The summed E-state index contributed by atoms with van der Waals surface area (Å²) in [5.74, 6) is 0.666. The Bertz CT molecular complexity index is 719. The monoisotopic (exact) mass is 454 g/mol. The lowest BCUT2D eigenvalue weighted by atomic mass is 10.3. The van der Waals surface area contributed by atoms with Gasteiger partial charge in [0.25, 0.3) is 11.8 Å². The van der Waals surface area contributed by atoms with Crippen molar-refractivity contribution in [1.29, 1.82) is 0 Å². The fourth-order valence-electron chi connectivity index (χ4n) is 1.94. The third-order valence-electron chi connectivity index (χ3n) is 3.05. The Morgan fingerprint density at radius 3 is 2.36 bits per heavy atom. The molecular formula is C18H19IN2O4. The van der Waals surface area contributed by atoms with Crippen molar-refractivity contribution in [2.24, 2.45) is 0 Å². The van der Waals surface area contributed by atoms with Crippen LogP contribution in [0.15, 0.2) is 48.5 Å². The van der Waals surface area contributed by atoms with Crippen LogP contribution in [-0.2, 0) is 9.59 Å². The molecule has 0 aliphatic heterocycles. The first-order valence-electron chi connectivity index (χ1n) is 7.74. The fraction of sp³-hybridized carbons (Fsp3) is 0.222. The van der Waals surface area contributed by atoms with Crippen molar-refractivity contribution in [2.45, 2.75) is 6.92 Å². The van der Waals surface area contributed by atoms with Crippen molar-refractivity contribution in [3.8, 4) is 11.5 Å². The topological polar surface area (TPSA) is 76.7 Å². The van der Waals surface area contributed by atoms with Gasteiger partial charge in [-0.1, -0.05) is 6.07 Å². The zero-order valence-corrected chi connectivity index (χ0v) is 15.9. The molecule has 0 aliphatic carbocycles. The summed E-state index contributed by atoms with van der Waals surface area (Å²) in [4.78, 5) is 23.4. The van der Waals surface area contributed by atoms with Crippen molar-refractivity contribution in [1.82, 2.24) is 5.32 Å². The summed E-state index contributed by atoms with van der Waals surface area (Å²) in [6.07, 6.45) is 0. The second kappa shape index (κ2) is 9.87. The number of likely N-dealkylation sites (N-methyl/N-ethyl adjacent to an activating group) is 1. The molecule has 0 spiro atoms. The Balaban J connectivity index is 1.82. The van der Waals surface area contributed by atoms with E-state index in [1.165, 1.54) is 0 Å². The average Bonchev–Trinajstić information content (AvgIpc) is 2.60. The van der Waals surface area contributed by atoms with Gasteiger partial charge in [0.1, 0.15) is 11.5 Å². The smallest absolute Gasteiger partial charge is 0.262 e. The molecule has 2 aromatic carbocycles. The maximum Gasteiger partial charge on any atom is 0.262 e. The molecule has 0 bridgehead atoms. The van der Waals surface area contributed by atoms with E-state index in [0.717, 1.165) is 3.57 Å². The van der Waals surface area contributed by atoms with Gasteiger partial charge in [-0.25, -0.2) is 0 Å². The lowest BCUT2D eigenvalue weighted by Gasteiger charge is -2.10. The number of halogens is 1. The van der Waals surface area contributed by atoms with Gasteiger partial charge in [0.05, 0.1) is 0 Å². The molecule has 0 heterocycles. The minimum atomic E-state index is -0.278. The Labute approximate surface area is 160 Å². The number of nitrogens with one attached hydrogen (secondary N) is 2. The summed E-state index contributed by atoms with van der Waals surface area (Å²) in [5, 5.41) is 5.38. The van der Waals surface area contributed by atoms with Crippen LogP contribution in [-0.4, -0.2) is 31.6 Å². The number of hydrogen-bond acceptors (Lipinski definition) is 4. The first-order chi connectivity index (χ1) is 12.1. The summed E-state index contributed by atoms with van der Waals surface area (Å²) in [6.45, 7) is 2.23. The van der Waals surface area contributed by atoms with Crippen LogP contribution in [0.25, 0.3) is 0 Å². The van der Waals surface area contributed by atoms with Gasteiger partial charge in [-0.05, 0) is 65.9 Å². The first kappa shape index (κ1) is 19.0. The fourth-order valence-corrected chi connectivity index (χ4v) is 2.30. The number of rotatable bonds is 8. The molecule has 0 atom stereocenters. The van der Waals surface area contributed by atoms with Crippen LogP contribution in [0.1, 0.15) is 6.92 Å². The zero-order valence-electron chi connectivity index (χ0n) is 13.8. The first-order valence-corrected chi connectivity index (χ1v) is 8.82. The summed E-state index contributed by atoms with van der Waals surface area (Å²) < 4.78 is 11.9. The molecule has 2 rings (SSSR count). The molecular weight excluding hydrogens is 435 g/mol. The highest BCUT2D eigenvalue weighted by atomic mass is 127. The van der Waals surface area contributed by atoms with E-state index < -0.39 is 0 Å². The Kier molecular flexibility index (Phi) is 7.52. The number of benzene rings is 2. The van der Waals surface area contributed by atoms with E-state index in [1.807, 2.05) is 31.2 Å². The second-order valence-electron chi connectivity index (χ2n) is 5.06. The van der Waals surface area contributed by atoms with Crippen LogP contribution in [0.4, 0.5) is 5.69 Å². The molecule has 0 saturated heterocycles. The van der Waals surface area contributed by atoms with Crippen molar-refractivity contribution >= 4 is 40.1 Å². The SMILES string of the molecule is CCNC(=O)COc1cccc(NC(=O)COc2ccc(I)cc2)c1. The van der Waals surface area contributed by atoms with Crippen LogP contribution in [0.3, 0.4) is 0 Å². The highest BCUT2D eigenvalue weighted by Gasteiger charge is 2.06. The third-order valence-corrected chi connectivity index (χ3v) is 3.76. The Morgan fingerprint density at radius 1 is 0.960 bits per heavy atom. The van der Waals surface area contributed by atoms with E-state index in [0.29, 0.717) is 23.7 Å². The molecule has 2 amide bonds. The quantitative estimate of drug-likeness (QED) is 0.602. The largest absolute Gasteiger partial charge is 0.484 e. The standard InChI is InChI=1S/C18H19IN2O4/c1-2-20-17(22)11-25-16-5-3-4-14(10-16)21-18(23)12-24-15-8-6-13(19)7-9-15/h3-10H,2,11-12H2,1H3,(H,20,22)(H,21,23). The van der Waals surface area contributed by atoms with Crippen molar-refractivity contribution in [2.75, 3.05) is 25.1 Å². The van der Waals surface area contributed by atoms with Gasteiger partial charge < -0.3 is 20.1 Å². The molecule has 0 radical (unpaired) electrons. The molecule has 132 valence electrons. The van der Waals surface area contributed by atoms with Crippen molar-refractivity contribution < 1.29 is 19.1 Å². The molecule has 2 N–H and O–H groups in total. The molecule has 2 aromatic rings. The van der Waals surface area contributed by atoms with Gasteiger partial charge in [-0.15, -0.1) is 0 Å². The summed E-state index contributed by atoms with van der Waals surface area (Å²) in [5.41, 5.74) is 0.574. The van der Waals surface area contributed by atoms with Crippen LogP contribution in [0.2, 0.25) is 0 Å². The van der Waals surface area contributed by atoms with E-state index in [-0.39, 0.29) is 25.0 Å². The van der Waals surface area contributed by atoms with Gasteiger partial charge >= 0.3 is 0 Å². The van der Waals surface area contributed by atoms with Crippen molar-refractivity contribution in [3.63, 3.8) is 0 Å². The molecule has 0 aromatic heterocycles. The number of carbonyl (C=O) groups excluding carboxylic acids is 2. The third kappa shape index (κ3) is 7.00. The molecule has 0 unspecified atom stereocenters. The van der Waals surface area contributed by atoms with Crippen LogP contribution < -0.4 is 20.1 Å². The number of hydrogen-bond donors (Lipinski definition) is 2. The molecule has 0 aliphatic rings. The maximum atomic E-state index is 12.0. The van der Waals surface area contributed by atoms with Crippen LogP contribution >= 0.6 is 22.6 Å². The van der Waals surface area contributed by atoms with Gasteiger partial charge in [0.15, 0.2) is 13.2 Å². The van der Waals surface area contributed by atoms with Gasteiger partial charge in [-0.3, -0.25) is 9.59 Å². The van der Waals surface area contributed by atoms with Crippen molar-refractivity contribution in [3.05, 3.63) is 52.1 Å². The van der Waals surface area contributed by atoms with E-state index in [1.54, 1.807) is 24.3 Å². The lowest BCUT2D eigenvalue weighted by Crippen LogP contribution is -2.28. The number of ether oxygens (including phenoxy) is 2. The van der Waals surface area contributed by atoms with Gasteiger partial charge in [0, 0.05) is 21.9 Å². The predicted octanol–water partition coefficient (Wildman–Crippen LogP) is 2.82. The maximum absolute atomic E-state index is 12.0. The van der Waals surface area contributed by atoms with Crippen LogP contribution in [0.5, 0.6) is 11.5 Å². The number of anilines is 1. The van der Waals surface area contributed by atoms with Gasteiger partial charge in [-0.2, -0.15) is 0 Å². The molecule has 0 fully saturated rings. The van der Waals surface area contributed by atoms with E-state index >= 15 is 0 Å². The van der Waals surface area contributed by atoms with E-state index in [2.05, 4.69) is 33.2 Å². The molecule has 7 heteroatoms. The normalized spacial score (nSPS) is 10.0. The Hall–Kier alpha value is -2.29. The number of amides is 2. The molecule has 0 saturated carbocycles. The zero-order chi connectivity index (χ0) is 18.1. The average molecular weight is 454 g/mol. The summed E-state index contributed by atoms with van der Waals surface area (Å²) in [6, 6.07) is 14.3. The minimum Gasteiger partial charge on any atom is -0.484 e. The highest BCUT2D eigenvalue weighted by molar-refractivity contribution is 14.1. The second-order valence-corrected chi connectivity index (χ2v) is 6.31. The number of carbonyl (C=O) groups is 2. The minimum absolute atomic E-state index is 0.0683.